The number of likely N-dealkylation sites (N-methyl/N-ethyl adjacent to an activating group) is 1. The summed E-state index contributed by atoms with van der Waals surface area (Å²) in [5.41, 5.74) is 5.45. The second kappa shape index (κ2) is 6.37. The van der Waals surface area contributed by atoms with E-state index in [0.717, 1.165) is 6.54 Å². The van der Waals surface area contributed by atoms with E-state index in [9.17, 15) is 0 Å². The molecule has 0 saturated carbocycles. The van der Waals surface area contributed by atoms with Crippen LogP contribution >= 0.6 is 0 Å². The third-order valence-electron chi connectivity index (χ3n) is 1.76. The highest BCUT2D eigenvalue weighted by Crippen LogP contribution is 1.96. The second-order valence-electron chi connectivity index (χ2n) is 3.40. The molecule has 0 saturated heterocycles. The van der Waals surface area contributed by atoms with Crippen LogP contribution < -0.4 is 5.73 Å². The maximum atomic E-state index is 9.09. The molecule has 0 aliphatic heterocycles. The van der Waals surface area contributed by atoms with Crippen molar-refractivity contribution >= 4 is 0 Å². The van der Waals surface area contributed by atoms with Gasteiger partial charge in [0.15, 0.2) is 0 Å². The standard InChI is InChI=1S/C8H20N2O2/c1-7(3-9)4-10(2)5-8(12)6-11/h7-8,11-12H,3-6,9H2,1-2H3. The van der Waals surface area contributed by atoms with Crippen LogP contribution in [-0.2, 0) is 0 Å². The van der Waals surface area contributed by atoms with Crippen LogP contribution in [0.2, 0.25) is 0 Å². The van der Waals surface area contributed by atoms with E-state index < -0.39 is 6.10 Å². The zero-order valence-corrected chi connectivity index (χ0v) is 7.90. The molecular weight excluding hydrogens is 156 g/mol. The molecule has 0 radical (unpaired) electrons. The predicted octanol–water partition coefficient (Wildman–Crippen LogP) is -1.13. The molecule has 0 bridgehead atoms. The van der Waals surface area contributed by atoms with Crippen LogP contribution in [0.4, 0.5) is 0 Å². The molecule has 0 aromatic heterocycles. The summed E-state index contributed by atoms with van der Waals surface area (Å²) in [6, 6.07) is 0. The second-order valence-corrected chi connectivity index (χ2v) is 3.40. The molecule has 0 aliphatic carbocycles. The first-order chi connectivity index (χ1) is 5.60. The Morgan fingerprint density at radius 1 is 1.42 bits per heavy atom. The molecule has 4 heteroatoms. The Morgan fingerprint density at radius 3 is 2.42 bits per heavy atom. The molecule has 0 fully saturated rings. The molecule has 0 spiro atoms. The van der Waals surface area contributed by atoms with E-state index in [0.29, 0.717) is 19.0 Å². The lowest BCUT2D eigenvalue weighted by Gasteiger charge is -2.22. The smallest absolute Gasteiger partial charge is 0.0897 e. The van der Waals surface area contributed by atoms with E-state index in [1.807, 2.05) is 11.9 Å². The molecule has 4 nitrogen and oxygen atoms in total. The minimum Gasteiger partial charge on any atom is -0.394 e. The largest absolute Gasteiger partial charge is 0.394 e. The fourth-order valence-corrected chi connectivity index (χ4v) is 1.10. The minimum absolute atomic E-state index is 0.179. The molecule has 0 aromatic carbocycles. The topological polar surface area (TPSA) is 69.7 Å². The zero-order valence-electron chi connectivity index (χ0n) is 7.90. The van der Waals surface area contributed by atoms with Gasteiger partial charge in [0.25, 0.3) is 0 Å². The van der Waals surface area contributed by atoms with Gasteiger partial charge in [-0.2, -0.15) is 0 Å². The molecule has 74 valence electrons. The van der Waals surface area contributed by atoms with Gasteiger partial charge in [-0.05, 0) is 19.5 Å². The molecule has 0 amide bonds. The maximum absolute atomic E-state index is 9.09. The monoisotopic (exact) mass is 176 g/mol. The lowest BCUT2D eigenvalue weighted by atomic mass is 10.1. The third kappa shape index (κ3) is 5.49. The van der Waals surface area contributed by atoms with Gasteiger partial charge in [-0.15, -0.1) is 0 Å². The van der Waals surface area contributed by atoms with E-state index in [1.54, 1.807) is 0 Å². The first kappa shape index (κ1) is 11.8. The first-order valence-electron chi connectivity index (χ1n) is 4.27. The van der Waals surface area contributed by atoms with Gasteiger partial charge in [0.2, 0.25) is 0 Å². The first-order valence-corrected chi connectivity index (χ1v) is 4.27. The summed E-state index contributed by atoms with van der Waals surface area (Å²) in [6.07, 6.45) is -0.639. The van der Waals surface area contributed by atoms with Crippen LogP contribution in [0.25, 0.3) is 0 Å². The van der Waals surface area contributed by atoms with E-state index in [1.165, 1.54) is 0 Å². The van der Waals surface area contributed by atoms with Gasteiger partial charge in [-0.1, -0.05) is 6.92 Å². The normalized spacial score (nSPS) is 16.5. The van der Waals surface area contributed by atoms with E-state index in [2.05, 4.69) is 6.92 Å². The molecular formula is C8H20N2O2. The van der Waals surface area contributed by atoms with Crippen molar-refractivity contribution in [2.45, 2.75) is 13.0 Å². The van der Waals surface area contributed by atoms with Gasteiger partial charge in [-0.25, -0.2) is 0 Å². The highest BCUT2D eigenvalue weighted by Gasteiger charge is 2.08. The summed E-state index contributed by atoms with van der Waals surface area (Å²) in [4.78, 5) is 1.97. The van der Waals surface area contributed by atoms with E-state index in [4.69, 9.17) is 15.9 Å². The molecule has 0 aliphatic rings. The number of nitrogens with zero attached hydrogens (tertiary/aromatic N) is 1. The van der Waals surface area contributed by atoms with Gasteiger partial charge in [-0.3, -0.25) is 0 Å². The van der Waals surface area contributed by atoms with Crippen molar-refractivity contribution in [3.63, 3.8) is 0 Å². The number of aliphatic hydroxyl groups is 2. The van der Waals surface area contributed by atoms with Crippen LogP contribution in [0.1, 0.15) is 6.92 Å². The van der Waals surface area contributed by atoms with Gasteiger partial charge in [0.05, 0.1) is 12.7 Å². The van der Waals surface area contributed by atoms with Crippen LogP contribution in [0.15, 0.2) is 0 Å². The van der Waals surface area contributed by atoms with Gasteiger partial charge in [0, 0.05) is 13.1 Å². The Kier molecular flexibility index (Phi) is 6.28. The summed E-state index contributed by atoms with van der Waals surface area (Å²) in [6.45, 7) is 3.89. The van der Waals surface area contributed by atoms with Crippen LogP contribution in [0.5, 0.6) is 0 Å². The van der Waals surface area contributed by atoms with Crippen molar-refractivity contribution in [3.8, 4) is 0 Å². The summed E-state index contributed by atoms with van der Waals surface area (Å²) in [5, 5.41) is 17.7. The van der Waals surface area contributed by atoms with Crippen molar-refractivity contribution in [3.05, 3.63) is 0 Å². The number of rotatable bonds is 6. The van der Waals surface area contributed by atoms with Crippen molar-refractivity contribution < 1.29 is 10.2 Å². The molecule has 12 heavy (non-hydrogen) atoms. The van der Waals surface area contributed by atoms with Crippen LogP contribution in [0.3, 0.4) is 0 Å². The minimum atomic E-state index is -0.639. The lowest BCUT2D eigenvalue weighted by molar-refractivity contribution is 0.0635. The lowest BCUT2D eigenvalue weighted by Crippen LogP contribution is -2.35. The fraction of sp³-hybridized carbons (Fsp3) is 1.00. The van der Waals surface area contributed by atoms with Crippen LogP contribution in [-0.4, -0.2) is 54.5 Å². The molecule has 0 heterocycles. The average molecular weight is 176 g/mol. The zero-order chi connectivity index (χ0) is 9.56. The summed E-state index contributed by atoms with van der Waals surface area (Å²) in [7, 11) is 1.91. The number of nitrogens with two attached hydrogens (primary N) is 1. The van der Waals surface area contributed by atoms with Crippen LogP contribution in [0, 0.1) is 5.92 Å². The van der Waals surface area contributed by atoms with Crippen molar-refractivity contribution in [1.82, 2.24) is 4.90 Å². The Labute approximate surface area is 74.0 Å². The highest BCUT2D eigenvalue weighted by atomic mass is 16.3. The Bertz CT molecular complexity index is 99.2. The number of aliphatic hydroxyl groups excluding tert-OH is 2. The maximum Gasteiger partial charge on any atom is 0.0897 e. The summed E-state index contributed by atoms with van der Waals surface area (Å²) < 4.78 is 0. The third-order valence-corrected chi connectivity index (χ3v) is 1.76. The number of hydrogen-bond donors (Lipinski definition) is 3. The Hall–Kier alpha value is -0.160. The Balaban J connectivity index is 3.51. The average Bonchev–Trinajstić information content (AvgIpc) is 2.03. The number of hydrogen-bond acceptors (Lipinski definition) is 4. The molecule has 0 aromatic rings. The fourth-order valence-electron chi connectivity index (χ4n) is 1.10. The van der Waals surface area contributed by atoms with Crippen molar-refractivity contribution in [2.75, 3.05) is 33.3 Å². The van der Waals surface area contributed by atoms with Gasteiger partial charge >= 0.3 is 0 Å². The van der Waals surface area contributed by atoms with Crippen molar-refractivity contribution in [2.24, 2.45) is 11.7 Å². The van der Waals surface area contributed by atoms with E-state index >= 15 is 0 Å². The van der Waals surface area contributed by atoms with Gasteiger partial charge in [0.1, 0.15) is 0 Å². The van der Waals surface area contributed by atoms with Gasteiger partial charge < -0.3 is 20.8 Å². The van der Waals surface area contributed by atoms with E-state index in [-0.39, 0.29) is 6.61 Å². The molecule has 4 N–H and O–H groups in total. The summed E-state index contributed by atoms with van der Waals surface area (Å²) in [5.74, 6) is 0.431. The molecule has 2 unspecified atom stereocenters. The molecule has 0 rings (SSSR count). The highest BCUT2D eigenvalue weighted by molar-refractivity contribution is 4.63. The Morgan fingerprint density at radius 2 is 2.00 bits per heavy atom. The predicted molar refractivity (Wildman–Crippen MR) is 48.8 cm³/mol. The summed E-state index contributed by atoms with van der Waals surface area (Å²) >= 11 is 0. The van der Waals surface area contributed by atoms with Crippen molar-refractivity contribution in [1.29, 1.82) is 0 Å². The quantitative estimate of drug-likeness (QED) is 0.479. The SMILES string of the molecule is CC(CN)CN(C)CC(O)CO. The molecule has 2 atom stereocenters.